The number of hydrogen-bond acceptors (Lipinski definition) is 3. The van der Waals surface area contributed by atoms with Gasteiger partial charge in [0.1, 0.15) is 5.75 Å². The molecule has 0 spiro atoms. The van der Waals surface area contributed by atoms with Gasteiger partial charge in [-0.3, -0.25) is 0 Å². The molecule has 2 aromatic carbocycles. The molecule has 0 N–H and O–H groups in total. The molecule has 0 amide bonds. The Morgan fingerprint density at radius 3 is 1.96 bits per heavy atom. The Morgan fingerprint density at radius 1 is 0.815 bits per heavy atom. The molecule has 0 radical (unpaired) electrons. The minimum atomic E-state index is -0.318. The fourth-order valence-corrected chi connectivity index (χ4v) is 2.79. The van der Waals surface area contributed by atoms with Crippen molar-refractivity contribution in [1.82, 2.24) is 0 Å². The number of unbranched alkanes of at least 4 members (excludes halogenated alkanes) is 5. The van der Waals surface area contributed by atoms with Crippen LogP contribution in [0.4, 0.5) is 0 Å². The Hall–Kier alpha value is -2.55. The molecule has 0 fully saturated rings. The van der Waals surface area contributed by atoms with Gasteiger partial charge in [0.25, 0.3) is 0 Å². The summed E-state index contributed by atoms with van der Waals surface area (Å²) < 4.78 is 10.5. The van der Waals surface area contributed by atoms with E-state index in [0.717, 1.165) is 29.9 Å². The summed E-state index contributed by atoms with van der Waals surface area (Å²) in [6, 6.07) is 15.5. The highest BCUT2D eigenvalue weighted by Gasteiger charge is 2.03. The second-order valence-electron chi connectivity index (χ2n) is 6.63. The van der Waals surface area contributed by atoms with Crippen molar-refractivity contribution in [2.24, 2.45) is 0 Å². The van der Waals surface area contributed by atoms with Gasteiger partial charge in [0.05, 0.1) is 19.3 Å². The predicted molar refractivity (Wildman–Crippen MR) is 112 cm³/mol. The molecule has 0 unspecified atom stereocenters. The summed E-state index contributed by atoms with van der Waals surface area (Å²) >= 11 is 0. The number of methoxy groups -OCH3 is 1. The lowest BCUT2D eigenvalue weighted by atomic mass is 10.1. The van der Waals surface area contributed by atoms with E-state index < -0.39 is 0 Å². The first-order valence-corrected chi connectivity index (χ1v) is 9.82. The fourth-order valence-electron chi connectivity index (χ4n) is 2.79. The molecule has 0 aliphatic heterocycles. The topological polar surface area (TPSA) is 35.5 Å². The maximum Gasteiger partial charge on any atom is 0.337 e. The van der Waals surface area contributed by atoms with Crippen LogP contribution in [0.2, 0.25) is 0 Å². The SMILES string of the molecule is CCCCCCCCOc1ccc(C=Cc2ccc(C(=O)OC)cc2)cc1. The van der Waals surface area contributed by atoms with Crippen LogP contribution in [0.1, 0.15) is 66.9 Å². The average molecular weight is 367 g/mol. The Morgan fingerprint density at radius 2 is 1.37 bits per heavy atom. The van der Waals surface area contributed by atoms with Gasteiger partial charge in [-0.15, -0.1) is 0 Å². The molecular weight excluding hydrogens is 336 g/mol. The third kappa shape index (κ3) is 7.69. The van der Waals surface area contributed by atoms with E-state index in [0.29, 0.717) is 5.56 Å². The van der Waals surface area contributed by atoms with E-state index in [1.54, 1.807) is 12.1 Å². The quantitative estimate of drug-likeness (QED) is 0.263. The van der Waals surface area contributed by atoms with E-state index in [-0.39, 0.29) is 5.97 Å². The molecule has 0 heterocycles. The average Bonchev–Trinajstić information content (AvgIpc) is 2.72. The molecule has 2 rings (SSSR count). The Bertz CT molecular complexity index is 699. The summed E-state index contributed by atoms with van der Waals surface area (Å²) in [6.45, 7) is 3.02. The van der Waals surface area contributed by atoms with Gasteiger partial charge in [-0.2, -0.15) is 0 Å². The summed E-state index contributed by atoms with van der Waals surface area (Å²) in [5.74, 6) is 0.602. The van der Waals surface area contributed by atoms with Crippen molar-refractivity contribution in [3.63, 3.8) is 0 Å². The maximum absolute atomic E-state index is 11.4. The van der Waals surface area contributed by atoms with Gasteiger partial charge in [-0.25, -0.2) is 4.79 Å². The van der Waals surface area contributed by atoms with Crippen molar-refractivity contribution in [2.75, 3.05) is 13.7 Å². The first-order valence-electron chi connectivity index (χ1n) is 9.82. The van der Waals surface area contributed by atoms with E-state index >= 15 is 0 Å². The van der Waals surface area contributed by atoms with Crippen LogP contribution in [0.3, 0.4) is 0 Å². The molecule has 0 aromatic heterocycles. The zero-order valence-corrected chi connectivity index (χ0v) is 16.4. The molecule has 27 heavy (non-hydrogen) atoms. The third-order valence-corrected chi connectivity index (χ3v) is 4.45. The number of carbonyl (C=O) groups excluding carboxylic acids is 1. The van der Waals surface area contributed by atoms with Gasteiger partial charge in [0, 0.05) is 0 Å². The predicted octanol–water partition coefficient (Wildman–Crippen LogP) is 6.38. The zero-order chi connectivity index (χ0) is 19.3. The van der Waals surface area contributed by atoms with Crippen LogP contribution in [-0.4, -0.2) is 19.7 Å². The van der Waals surface area contributed by atoms with E-state index in [1.807, 2.05) is 36.4 Å². The van der Waals surface area contributed by atoms with Crippen molar-refractivity contribution in [1.29, 1.82) is 0 Å². The molecule has 3 nitrogen and oxygen atoms in total. The molecule has 144 valence electrons. The summed E-state index contributed by atoms with van der Waals surface area (Å²) in [5, 5.41) is 0. The van der Waals surface area contributed by atoms with E-state index in [4.69, 9.17) is 9.47 Å². The standard InChI is InChI=1S/C24H30O3/c1-3-4-5-6-7-8-19-27-23-17-13-21(14-18-23)10-9-20-11-15-22(16-12-20)24(25)26-2/h9-18H,3-8,19H2,1-2H3. The van der Waals surface area contributed by atoms with Crippen LogP contribution in [0.15, 0.2) is 48.5 Å². The molecule has 0 bridgehead atoms. The van der Waals surface area contributed by atoms with Crippen LogP contribution in [0.5, 0.6) is 5.75 Å². The summed E-state index contributed by atoms with van der Waals surface area (Å²) in [5.41, 5.74) is 2.70. The number of carbonyl (C=O) groups is 1. The fraction of sp³-hybridized carbons (Fsp3) is 0.375. The molecular formula is C24H30O3. The largest absolute Gasteiger partial charge is 0.494 e. The van der Waals surface area contributed by atoms with Gasteiger partial charge in [0.15, 0.2) is 0 Å². The second-order valence-corrected chi connectivity index (χ2v) is 6.63. The lowest BCUT2D eigenvalue weighted by molar-refractivity contribution is 0.0600. The molecule has 0 aliphatic carbocycles. The van der Waals surface area contributed by atoms with Gasteiger partial charge in [-0.05, 0) is 41.8 Å². The highest BCUT2D eigenvalue weighted by molar-refractivity contribution is 5.89. The van der Waals surface area contributed by atoms with Crippen LogP contribution in [0, 0.1) is 0 Å². The number of esters is 1. The number of rotatable bonds is 11. The third-order valence-electron chi connectivity index (χ3n) is 4.45. The molecule has 0 saturated heterocycles. The molecule has 0 atom stereocenters. The van der Waals surface area contributed by atoms with Crippen molar-refractivity contribution >= 4 is 18.1 Å². The Balaban J connectivity index is 1.76. The lowest BCUT2D eigenvalue weighted by Gasteiger charge is -2.06. The minimum absolute atomic E-state index is 0.318. The second kappa shape index (κ2) is 11.9. The van der Waals surface area contributed by atoms with Gasteiger partial charge >= 0.3 is 5.97 Å². The van der Waals surface area contributed by atoms with Crippen LogP contribution in [0.25, 0.3) is 12.2 Å². The first kappa shape index (κ1) is 20.8. The summed E-state index contributed by atoms with van der Waals surface area (Å²) in [7, 11) is 1.39. The van der Waals surface area contributed by atoms with Crippen LogP contribution >= 0.6 is 0 Å². The molecule has 3 heteroatoms. The van der Waals surface area contributed by atoms with Crippen molar-refractivity contribution < 1.29 is 14.3 Å². The van der Waals surface area contributed by atoms with E-state index in [1.165, 1.54) is 39.2 Å². The lowest BCUT2D eigenvalue weighted by Crippen LogP contribution is -2.00. The van der Waals surface area contributed by atoms with E-state index in [2.05, 4.69) is 19.1 Å². The zero-order valence-electron chi connectivity index (χ0n) is 16.4. The van der Waals surface area contributed by atoms with Crippen LogP contribution in [-0.2, 0) is 4.74 Å². The monoisotopic (exact) mass is 366 g/mol. The van der Waals surface area contributed by atoms with Gasteiger partial charge in [0.2, 0.25) is 0 Å². The molecule has 2 aromatic rings. The van der Waals surface area contributed by atoms with Crippen LogP contribution < -0.4 is 4.74 Å². The maximum atomic E-state index is 11.4. The Kier molecular flexibility index (Phi) is 9.19. The first-order chi connectivity index (χ1) is 13.2. The number of hydrogen-bond donors (Lipinski definition) is 0. The highest BCUT2D eigenvalue weighted by atomic mass is 16.5. The van der Waals surface area contributed by atoms with Gasteiger partial charge < -0.3 is 9.47 Å². The highest BCUT2D eigenvalue weighted by Crippen LogP contribution is 2.16. The van der Waals surface area contributed by atoms with E-state index in [9.17, 15) is 4.79 Å². The minimum Gasteiger partial charge on any atom is -0.494 e. The molecule has 0 aliphatic rings. The normalized spacial score (nSPS) is 10.9. The summed E-state index contributed by atoms with van der Waals surface area (Å²) in [4.78, 5) is 11.4. The Labute approximate surface area is 163 Å². The van der Waals surface area contributed by atoms with Crippen molar-refractivity contribution in [3.8, 4) is 5.75 Å². The summed E-state index contributed by atoms with van der Waals surface area (Å²) in [6.07, 6.45) is 11.7. The van der Waals surface area contributed by atoms with Crippen molar-refractivity contribution in [2.45, 2.75) is 45.4 Å². The van der Waals surface area contributed by atoms with Gasteiger partial charge in [-0.1, -0.05) is 75.4 Å². The smallest absolute Gasteiger partial charge is 0.337 e. The molecule has 0 saturated carbocycles. The van der Waals surface area contributed by atoms with Crippen molar-refractivity contribution in [3.05, 3.63) is 65.2 Å². The number of benzene rings is 2. The number of ether oxygens (including phenoxy) is 2.